The molecule has 2 aliphatic rings. The van der Waals surface area contributed by atoms with Crippen molar-refractivity contribution in [2.45, 2.75) is 95.0 Å². The van der Waals surface area contributed by atoms with Gasteiger partial charge in [0.15, 0.2) is 30.0 Å². The number of hydrogen-bond donors (Lipinski definition) is 3. The number of hydrogen-bond acceptors (Lipinski definition) is 21. The topological polar surface area (TPSA) is 273 Å². The molecule has 21 nitrogen and oxygen atoms in total. The van der Waals surface area contributed by atoms with Gasteiger partial charge >= 0.3 is 23.9 Å². The fourth-order valence-electron chi connectivity index (χ4n) is 12.7. The molecule has 109 heavy (non-hydrogen) atoms. The number of benzene rings is 6. The predicted molar refractivity (Wildman–Crippen MR) is 401 cm³/mol. The van der Waals surface area contributed by atoms with Crippen LogP contribution >= 0.6 is 0 Å². The van der Waals surface area contributed by atoms with Gasteiger partial charge in [0, 0.05) is 106 Å². The summed E-state index contributed by atoms with van der Waals surface area (Å²) in [5.74, 6) is 23.3. The largest absolute Gasteiger partial charge is 0.491 e. The Bertz CT molecular complexity index is 4900. The van der Waals surface area contributed by atoms with E-state index in [4.69, 9.17) is 47.4 Å². The Morgan fingerprint density at radius 3 is 1.17 bits per heavy atom. The summed E-state index contributed by atoms with van der Waals surface area (Å²) >= 11 is 0. The van der Waals surface area contributed by atoms with Crippen LogP contribution in [0.1, 0.15) is 78.6 Å². The van der Waals surface area contributed by atoms with Crippen molar-refractivity contribution in [1.29, 1.82) is 0 Å². The molecule has 10 aromatic rings. The minimum atomic E-state index is -2.50. The number of nitrogens with zero attached hydrogens (tertiary/aromatic N) is 4. The zero-order valence-corrected chi connectivity index (χ0v) is 59.7. The first-order valence-electron chi connectivity index (χ1n) is 34.9. The van der Waals surface area contributed by atoms with E-state index in [0.717, 1.165) is 83.3 Å². The number of aromatic nitrogens is 4. The summed E-state index contributed by atoms with van der Waals surface area (Å²) in [6, 6.07) is 56.2. The summed E-state index contributed by atoms with van der Waals surface area (Å²) in [5, 5.41) is 34.8. The van der Waals surface area contributed by atoms with Crippen LogP contribution in [0.3, 0.4) is 0 Å². The maximum Gasteiger partial charge on any atom is 0.303 e. The predicted octanol–water partition coefficient (Wildman–Crippen LogP) is 10.7. The lowest BCUT2D eigenvalue weighted by molar-refractivity contribution is -0.390. The monoisotopic (exact) mass is 1460 g/mol. The summed E-state index contributed by atoms with van der Waals surface area (Å²) in [6.07, 6.45) is -3.36. The maximum absolute atomic E-state index is 14.1. The Kier molecular flexibility index (Phi) is 25.5. The fraction of sp³-hybridized carbons (Fsp3) is 0.227. The molecule has 0 spiro atoms. The average molecular weight is 1460 g/mol. The van der Waals surface area contributed by atoms with Gasteiger partial charge in [-0.15, -0.1) is 0 Å². The SMILES string of the molecule is CC(=O)OC[C@H]1OC(O[C@H]2[C@H](OCCOc3c(C#Cc4ccccc4-c4ccncc4)cccc3C#Cc3ccccc3-c3ccncc3)O[C@H](CO)[C@@H](O)[C@@H]2O)[C@](CCOc2c(C#Cc3ccccc3-c3ccncc3)cccc2C#Cc2ccccc2-c2ccncc2)(OC(C)=O)[C@@H](OC(C)=O)[C@@H]1OC(C)=O. The number of ether oxygens (including phenoxy) is 10. The highest BCUT2D eigenvalue weighted by Crippen LogP contribution is 2.43. The van der Waals surface area contributed by atoms with Crippen LogP contribution < -0.4 is 9.47 Å². The molecule has 2 fully saturated rings. The molecular formula is C88H74N4O17. The molecule has 21 heteroatoms. The molecule has 10 atom stereocenters. The summed E-state index contributed by atoms with van der Waals surface area (Å²) in [4.78, 5) is 70.6. The van der Waals surface area contributed by atoms with Gasteiger partial charge in [0.25, 0.3) is 0 Å². The minimum absolute atomic E-state index is 0.155. The third-order valence-electron chi connectivity index (χ3n) is 17.7. The van der Waals surface area contributed by atoms with Crippen molar-refractivity contribution in [3.8, 4) is 103 Å². The molecule has 0 aliphatic carbocycles. The van der Waals surface area contributed by atoms with Crippen molar-refractivity contribution in [3.63, 3.8) is 0 Å². The molecule has 0 amide bonds. The fourth-order valence-corrected chi connectivity index (χ4v) is 12.7. The van der Waals surface area contributed by atoms with Crippen LogP contribution in [0.25, 0.3) is 44.5 Å². The van der Waals surface area contributed by atoms with E-state index in [1.165, 1.54) is 0 Å². The van der Waals surface area contributed by atoms with E-state index in [9.17, 15) is 34.5 Å². The van der Waals surface area contributed by atoms with Gasteiger partial charge in [0.2, 0.25) is 11.9 Å². The minimum Gasteiger partial charge on any atom is -0.491 e. The zero-order valence-electron chi connectivity index (χ0n) is 59.7. The van der Waals surface area contributed by atoms with E-state index in [-0.39, 0.29) is 24.7 Å². The second-order valence-corrected chi connectivity index (χ2v) is 25.1. The normalized spacial score (nSPS) is 19.7. The number of pyridine rings is 4. The molecule has 2 saturated heterocycles. The number of aliphatic hydroxyl groups excluding tert-OH is 3. The van der Waals surface area contributed by atoms with Crippen molar-refractivity contribution in [3.05, 3.63) is 276 Å². The van der Waals surface area contributed by atoms with E-state index in [2.05, 4.69) is 67.3 Å². The van der Waals surface area contributed by atoms with Gasteiger partial charge in [-0.2, -0.15) is 0 Å². The third-order valence-corrected chi connectivity index (χ3v) is 17.7. The van der Waals surface area contributed by atoms with Crippen LogP contribution in [0.5, 0.6) is 11.5 Å². The van der Waals surface area contributed by atoms with Gasteiger partial charge in [-0.1, -0.05) is 132 Å². The van der Waals surface area contributed by atoms with Gasteiger partial charge < -0.3 is 62.7 Å². The third kappa shape index (κ3) is 19.0. The molecule has 3 N–H and O–H groups in total. The van der Waals surface area contributed by atoms with Gasteiger partial charge in [0.05, 0.1) is 42.1 Å². The molecule has 1 unspecified atom stereocenters. The molecule has 6 aromatic carbocycles. The van der Waals surface area contributed by atoms with Crippen molar-refractivity contribution < 1.29 is 81.9 Å². The first-order valence-corrected chi connectivity index (χ1v) is 34.9. The summed E-state index contributed by atoms with van der Waals surface area (Å²) in [6.45, 7) is 1.72. The van der Waals surface area contributed by atoms with Gasteiger partial charge in [-0.3, -0.25) is 39.1 Å². The lowest BCUT2D eigenvalue weighted by Crippen LogP contribution is -2.72. The zero-order chi connectivity index (χ0) is 76.1. The van der Waals surface area contributed by atoms with Crippen molar-refractivity contribution >= 4 is 23.9 Å². The van der Waals surface area contributed by atoms with Crippen molar-refractivity contribution in [1.82, 2.24) is 19.9 Å². The molecule has 12 rings (SSSR count). The summed E-state index contributed by atoms with van der Waals surface area (Å²) < 4.78 is 63.7. The second-order valence-electron chi connectivity index (χ2n) is 25.1. The molecule has 0 bridgehead atoms. The average Bonchev–Trinajstić information content (AvgIpc) is 0.735. The first-order chi connectivity index (χ1) is 53.1. The Morgan fingerprint density at radius 1 is 0.413 bits per heavy atom. The van der Waals surface area contributed by atoms with E-state index >= 15 is 0 Å². The Morgan fingerprint density at radius 2 is 0.789 bits per heavy atom. The second kappa shape index (κ2) is 36.6. The summed E-state index contributed by atoms with van der Waals surface area (Å²) in [7, 11) is 0. The number of carbonyl (C=O) groups is 4. The number of carbonyl (C=O) groups excluding carboxylic acids is 4. The molecule has 0 saturated carbocycles. The lowest BCUT2D eigenvalue weighted by Gasteiger charge is -2.53. The van der Waals surface area contributed by atoms with E-state index < -0.39 is 111 Å². The van der Waals surface area contributed by atoms with E-state index in [1.807, 2.05) is 152 Å². The van der Waals surface area contributed by atoms with Gasteiger partial charge in [0.1, 0.15) is 43.7 Å². The molecular weight excluding hydrogens is 1380 g/mol. The Balaban J connectivity index is 0.912. The van der Waals surface area contributed by atoms with E-state index in [1.54, 1.807) is 79.9 Å². The van der Waals surface area contributed by atoms with Crippen LogP contribution in [-0.2, 0) is 57.1 Å². The summed E-state index contributed by atoms with van der Waals surface area (Å²) in [5.41, 5.74) is 8.84. The van der Waals surface area contributed by atoms with Crippen LogP contribution in [-0.4, -0.2) is 153 Å². The maximum atomic E-state index is 14.1. The number of esters is 4. The van der Waals surface area contributed by atoms with Crippen LogP contribution in [0, 0.1) is 47.4 Å². The van der Waals surface area contributed by atoms with Crippen LogP contribution in [0.4, 0.5) is 0 Å². The molecule has 0 radical (unpaired) electrons. The van der Waals surface area contributed by atoms with Crippen LogP contribution in [0.15, 0.2) is 232 Å². The first kappa shape index (κ1) is 76.0. The number of para-hydroxylation sites is 2. The molecule has 6 heterocycles. The number of aliphatic hydroxyl groups is 3. The number of rotatable bonds is 21. The van der Waals surface area contributed by atoms with Crippen molar-refractivity contribution in [2.75, 3.05) is 33.0 Å². The van der Waals surface area contributed by atoms with Gasteiger partial charge in [-0.25, -0.2) is 0 Å². The molecule has 548 valence electrons. The smallest absolute Gasteiger partial charge is 0.303 e. The molecule has 2 aliphatic heterocycles. The molecule has 4 aromatic heterocycles. The Labute approximate surface area is 630 Å². The highest BCUT2D eigenvalue weighted by molar-refractivity contribution is 5.76. The standard InChI is InChI=1S/C88H74N4O17/c1-57(94)103-56-78-83(104-58(2)95)85(105-59(3)96)88(109-60(4)97,43-52-100-81-69(31-27-61-15-5-9-23-73(61)65-35-44-89-45-36-65)19-13-20-70(81)32-28-62-16-6-10-24-74(62)66-37-46-90-47-38-66)87(107-78)108-84-80(99)79(98)77(55-93)106-86(84)102-54-53-101-82-71(33-29-63-17-7-11-25-75(63)67-39-48-91-49-40-67)21-14-22-72(82)34-30-64-18-8-12-26-76(64)68-41-50-92-51-42-68/h5-26,35-42,44-51,77-80,83-87,93,98-99H,43,52-56H2,1-4H3/t77-,78-,79-,80+,83-,84-,85+,86-,87?,88-/m1/s1. The lowest BCUT2D eigenvalue weighted by atomic mass is 9.82. The van der Waals surface area contributed by atoms with Crippen molar-refractivity contribution in [2.24, 2.45) is 0 Å². The van der Waals surface area contributed by atoms with Crippen LogP contribution in [0.2, 0.25) is 0 Å². The van der Waals surface area contributed by atoms with E-state index in [0.29, 0.717) is 33.4 Å². The van der Waals surface area contributed by atoms with Gasteiger partial charge in [-0.05, 0) is 142 Å². The highest BCUT2D eigenvalue weighted by Gasteiger charge is 2.65. The quantitative estimate of drug-likeness (QED) is 0.0261. The highest BCUT2D eigenvalue weighted by atomic mass is 16.8. The Hall–Kier alpha value is -12.6.